The monoisotopic (exact) mass is 467 g/mol. The van der Waals surface area contributed by atoms with Crippen LogP contribution in [0, 0.1) is 20.2 Å². The van der Waals surface area contributed by atoms with Gasteiger partial charge in [-0.05, 0) is 47.5 Å². The predicted molar refractivity (Wildman–Crippen MR) is 130 cm³/mol. The lowest BCUT2D eigenvalue weighted by Gasteiger charge is -2.18. The van der Waals surface area contributed by atoms with Crippen LogP contribution in [0.3, 0.4) is 0 Å². The molecule has 2 aromatic carbocycles. The SMILES string of the molecule is O=[N+]([O-])c1ccc(C(c2ccc[nH]2)c2ccc(C(c3ccc([N+](=O)[O-])cc3)c3ccc[nH]3)[nH]2)cc1. The third-order valence-electron chi connectivity index (χ3n) is 6.09. The number of hydrogen-bond acceptors (Lipinski definition) is 4. The van der Waals surface area contributed by atoms with Gasteiger partial charge >= 0.3 is 0 Å². The average molecular weight is 467 g/mol. The number of rotatable bonds is 8. The van der Waals surface area contributed by atoms with Gasteiger partial charge in [0.05, 0.1) is 21.7 Å². The lowest BCUT2D eigenvalue weighted by molar-refractivity contribution is -0.385. The summed E-state index contributed by atoms with van der Waals surface area (Å²) < 4.78 is 0. The van der Waals surface area contributed by atoms with E-state index < -0.39 is 9.85 Å². The highest BCUT2D eigenvalue weighted by molar-refractivity contribution is 5.46. The molecule has 3 heterocycles. The summed E-state index contributed by atoms with van der Waals surface area (Å²) >= 11 is 0. The van der Waals surface area contributed by atoms with Crippen LogP contribution in [0.2, 0.25) is 0 Å². The molecule has 0 saturated carbocycles. The van der Waals surface area contributed by atoms with Crippen LogP contribution in [0.5, 0.6) is 0 Å². The van der Waals surface area contributed by atoms with Crippen molar-refractivity contribution in [1.82, 2.24) is 15.0 Å². The number of nitro groups is 2. The largest absolute Gasteiger partial charge is 0.364 e. The Labute approximate surface area is 199 Å². The van der Waals surface area contributed by atoms with Crippen LogP contribution in [0.4, 0.5) is 11.4 Å². The summed E-state index contributed by atoms with van der Waals surface area (Å²) in [7, 11) is 0. The molecule has 0 aliphatic rings. The average Bonchev–Trinajstić information content (AvgIpc) is 3.65. The molecule has 0 spiro atoms. The highest BCUT2D eigenvalue weighted by atomic mass is 16.6. The Morgan fingerprint density at radius 3 is 1.26 bits per heavy atom. The van der Waals surface area contributed by atoms with Crippen LogP contribution >= 0.6 is 0 Å². The molecule has 0 bridgehead atoms. The van der Waals surface area contributed by atoms with Gasteiger partial charge in [-0.15, -0.1) is 0 Å². The summed E-state index contributed by atoms with van der Waals surface area (Å²) in [4.78, 5) is 31.5. The fraction of sp³-hybridized carbons (Fsp3) is 0.0769. The molecule has 9 nitrogen and oxygen atoms in total. The molecule has 174 valence electrons. The molecule has 5 rings (SSSR count). The molecule has 3 N–H and O–H groups in total. The van der Waals surface area contributed by atoms with Crippen LogP contribution < -0.4 is 0 Å². The van der Waals surface area contributed by atoms with E-state index in [1.54, 1.807) is 24.3 Å². The zero-order chi connectivity index (χ0) is 24.4. The zero-order valence-corrected chi connectivity index (χ0v) is 18.4. The van der Waals surface area contributed by atoms with Crippen LogP contribution in [-0.2, 0) is 0 Å². The summed E-state index contributed by atoms with van der Waals surface area (Å²) in [5, 5.41) is 22.2. The molecule has 0 saturated heterocycles. The number of nitro benzene ring substituents is 2. The molecule has 2 atom stereocenters. The van der Waals surface area contributed by atoms with E-state index in [1.165, 1.54) is 24.3 Å². The van der Waals surface area contributed by atoms with Crippen molar-refractivity contribution in [3.05, 3.63) is 151 Å². The Bertz CT molecular complexity index is 1330. The van der Waals surface area contributed by atoms with Gasteiger partial charge in [0.2, 0.25) is 0 Å². The lowest BCUT2D eigenvalue weighted by atomic mass is 9.92. The molecular formula is C26H21N5O4. The van der Waals surface area contributed by atoms with E-state index in [2.05, 4.69) is 15.0 Å². The number of non-ortho nitro benzene ring substituents is 2. The van der Waals surface area contributed by atoms with Crippen LogP contribution in [-0.4, -0.2) is 24.8 Å². The van der Waals surface area contributed by atoms with E-state index in [0.717, 1.165) is 33.9 Å². The van der Waals surface area contributed by atoms with Gasteiger partial charge < -0.3 is 15.0 Å². The highest BCUT2D eigenvalue weighted by Gasteiger charge is 2.24. The van der Waals surface area contributed by atoms with Gasteiger partial charge in [0, 0.05) is 59.4 Å². The van der Waals surface area contributed by atoms with Crippen molar-refractivity contribution in [3.8, 4) is 0 Å². The summed E-state index contributed by atoms with van der Waals surface area (Å²) in [5.41, 5.74) is 5.59. The Kier molecular flexibility index (Phi) is 5.72. The van der Waals surface area contributed by atoms with Crippen LogP contribution in [0.1, 0.15) is 45.7 Å². The second-order valence-corrected chi connectivity index (χ2v) is 8.18. The molecule has 3 aromatic heterocycles. The van der Waals surface area contributed by atoms with E-state index in [9.17, 15) is 20.2 Å². The van der Waals surface area contributed by atoms with Gasteiger partial charge in [0.1, 0.15) is 0 Å². The molecule has 0 amide bonds. The first-order valence-electron chi connectivity index (χ1n) is 11.0. The molecule has 9 heteroatoms. The van der Waals surface area contributed by atoms with Gasteiger partial charge in [0.25, 0.3) is 11.4 Å². The fourth-order valence-electron chi connectivity index (χ4n) is 4.44. The van der Waals surface area contributed by atoms with Crippen LogP contribution in [0.25, 0.3) is 0 Å². The molecule has 35 heavy (non-hydrogen) atoms. The van der Waals surface area contributed by atoms with Gasteiger partial charge in [-0.3, -0.25) is 20.2 Å². The van der Waals surface area contributed by atoms with Crippen molar-refractivity contribution in [2.24, 2.45) is 0 Å². The molecule has 0 fully saturated rings. The third-order valence-corrected chi connectivity index (χ3v) is 6.09. The van der Waals surface area contributed by atoms with Crippen molar-refractivity contribution in [3.63, 3.8) is 0 Å². The van der Waals surface area contributed by atoms with E-state index >= 15 is 0 Å². The topological polar surface area (TPSA) is 134 Å². The second-order valence-electron chi connectivity index (χ2n) is 8.18. The third kappa shape index (κ3) is 4.34. The van der Waals surface area contributed by atoms with Crippen molar-refractivity contribution < 1.29 is 9.85 Å². The minimum absolute atomic E-state index is 0.0381. The van der Waals surface area contributed by atoms with Gasteiger partial charge in [-0.2, -0.15) is 0 Å². The molecule has 0 radical (unpaired) electrons. The van der Waals surface area contributed by atoms with Gasteiger partial charge in [-0.25, -0.2) is 0 Å². The molecular weight excluding hydrogens is 446 g/mol. The summed E-state index contributed by atoms with van der Waals surface area (Å²) in [6, 6.07) is 24.9. The fourth-order valence-corrected chi connectivity index (χ4v) is 4.44. The maximum atomic E-state index is 11.1. The van der Waals surface area contributed by atoms with Gasteiger partial charge in [-0.1, -0.05) is 24.3 Å². The molecule has 0 aliphatic carbocycles. The van der Waals surface area contributed by atoms with E-state index in [1.807, 2.05) is 48.8 Å². The minimum atomic E-state index is -0.411. The Balaban J connectivity index is 1.56. The summed E-state index contributed by atoms with van der Waals surface area (Å²) in [5.74, 6) is -0.388. The van der Waals surface area contributed by atoms with Crippen molar-refractivity contribution in [2.75, 3.05) is 0 Å². The van der Waals surface area contributed by atoms with Crippen LogP contribution in [0.15, 0.2) is 97.3 Å². The van der Waals surface area contributed by atoms with Crippen molar-refractivity contribution in [2.45, 2.75) is 11.8 Å². The normalized spacial score (nSPS) is 12.8. The molecule has 2 unspecified atom stereocenters. The quantitative estimate of drug-likeness (QED) is 0.195. The Hall–Kier alpha value is -4.92. The van der Waals surface area contributed by atoms with Gasteiger partial charge in [0.15, 0.2) is 0 Å². The van der Waals surface area contributed by atoms with Crippen molar-refractivity contribution >= 4 is 11.4 Å². The molecule has 5 aromatic rings. The summed E-state index contributed by atoms with van der Waals surface area (Å²) in [6.45, 7) is 0. The zero-order valence-electron chi connectivity index (χ0n) is 18.4. The number of aromatic amines is 3. The van der Waals surface area contributed by atoms with E-state index in [0.29, 0.717) is 0 Å². The number of hydrogen-bond donors (Lipinski definition) is 3. The number of H-pyrrole nitrogens is 3. The van der Waals surface area contributed by atoms with Crippen molar-refractivity contribution in [1.29, 1.82) is 0 Å². The Morgan fingerprint density at radius 2 is 0.943 bits per heavy atom. The number of nitrogens with one attached hydrogen (secondary N) is 3. The highest BCUT2D eigenvalue weighted by Crippen LogP contribution is 2.36. The Morgan fingerprint density at radius 1 is 0.543 bits per heavy atom. The number of nitrogens with zero attached hydrogens (tertiary/aromatic N) is 2. The predicted octanol–water partition coefficient (Wildman–Crippen LogP) is 5.85. The minimum Gasteiger partial charge on any atom is -0.364 e. The summed E-state index contributed by atoms with van der Waals surface area (Å²) in [6.07, 6.45) is 3.69. The number of benzene rings is 2. The first kappa shape index (κ1) is 21.9. The maximum absolute atomic E-state index is 11.1. The standard InChI is InChI=1S/C26H21N5O4/c32-30(33)19-9-5-17(6-10-19)25(21-3-1-15-27-21)23-13-14-24(29-23)26(22-4-2-16-28-22)18-7-11-20(12-8-18)31(34)35/h1-16,25-29H. The first-order valence-corrected chi connectivity index (χ1v) is 11.0. The number of aromatic nitrogens is 3. The smallest absolute Gasteiger partial charge is 0.269 e. The maximum Gasteiger partial charge on any atom is 0.269 e. The lowest BCUT2D eigenvalue weighted by Crippen LogP contribution is -2.07. The second kappa shape index (κ2) is 9.14. The first-order chi connectivity index (χ1) is 17.0. The van der Waals surface area contributed by atoms with E-state index in [-0.39, 0.29) is 23.2 Å². The molecule has 0 aliphatic heterocycles. The van der Waals surface area contributed by atoms with E-state index in [4.69, 9.17) is 0 Å².